The fraction of sp³-hybridized carbons (Fsp3) is 0.143. The van der Waals surface area contributed by atoms with Gasteiger partial charge in [0.05, 0.1) is 19.9 Å². The summed E-state index contributed by atoms with van der Waals surface area (Å²) >= 11 is 0. The molecule has 0 radical (unpaired) electrons. The van der Waals surface area contributed by atoms with E-state index in [-0.39, 0.29) is 0 Å². The van der Waals surface area contributed by atoms with Crippen LogP contribution >= 0.6 is 0 Å². The van der Waals surface area contributed by atoms with Gasteiger partial charge in [0.2, 0.25) is 5.82 Å². The molecule has 0 fully saturated rings. The molecular weight excluding hydrogens is 268 g/mol. The number of hydrogen-bond acceptors (Lipinski definition) is 6. The van der Waals surface area contributed by atoms with Crippen molar-refractivity contribution >= 4 is 5.69 Å². The molecule has 7 nitrogen and oxygen atoms in total. The number of nitrogens with one attached hydrogen (secondary N) is 2. The van der Waals surface area contributed by atoms with Gasteiger partial charge in [0.15, 0.2) is 0 Å². The average molecular weight is 282 g/mol. The molecule has 7 heteroatoms. The Morgan fingerprint density at radius 1 is 1.19 bits per heavy atom. The van der Waals surface area contributed by atoms with Gasteiger partial charge in [-0.05, 0) is 24.3 Å². The highest BCUT2D eigenvalue weighted by Gasteiger charge is 2.06. The minimum atomic E-state index is 0.537. The highest BCUT2D eigenvalue weighted by atomic mass is 16.5. The highest BCUT2D eigenvalue weighted by Crippen LogP contribution is 2.15. The van der Waals surface area contributed by atoms with Gasteiger partial charge in [0.1, 0.15) is 17.3 Å². The first-order valence-corrected chi connectivity index (χ1v) is 6.41. The number of methoxy groups -OCH3 is 1. The van der Waals surface area contributed by atoms with Gasteiger partial charge in [0.25, 0.3) is 0 Å². The van der Waals surface area contributed by atoms with Gasteiger partial charge in [-0.2, -0.15) is 5.10 Å². The maximum Gasteiger partial charge on any atom is 0.201 e. The van der Waals surface area contributed by atoms with Crippen LogP contribution in [-0.2, 0) is 6.54 Å². The molecule has 0 amide bonds. The lowest BCUT2D eigenvalue weighted by Crippen LogP contribution is -2.01. The molecule has 21 heavy (non-hydrogen) atoms. The largest absolute Gasteiger partial charge is 0.497 e. The molecule has 0 unspecified atom stereocenters. The van der Waals surface area contributed by atoms with Crippen molar-refractivity contribution in [3.8, 4) is 17.3 Å². The lowest BCUT2D eigenvalue weighted by molar-refractivity contribution is 0.415. The van der Waals surface area contributed by atoms with E-state index in [9.17, 15) is 0 Å². The van der Waals surface area contributed by atoms with Crippen LogP contribution in [0.25, 0.3) is 11.5 Å². The maximum absolute atomic E-state index is 5.12. The number of aromatic nitrogens is 5. The van der Waals surface area contributed by atoms with E-state index in [1.807, 2.05) is 24.3 Å². The van der Waals surface area contributed by atoms with E-state index in [0.29, 0.717) is 18.1 Å². The Morgan fingerprint density at radius 2 is 2.05 bits per heavy atom. The fourth-order valence-corrected chi connectivity index (χ4v) is 1.80. The lowest BCUT2D eigenvalue weighted by atomic mass is 10.3. The molecule has 2 heterocycles. The standard InChI is InChI=1S/C14H14N6O/c1-21-11-4-2-10(3-5-11)17-9-13-18-14(20-19-13)12-8-15-6-7-16-12/h2-8,17H,9H2,1H3,(H,18,19,20). The van der Waals surface area contributed by atoms with Gasteiger partial charge in [-0.25, -0.2) is 9.97 Å². The molecule has 1 aromatic carbocycles. The third-order valence-electron chi connectivity index (χ3n) is 2.87. The molecule has 0 spiro atoms. The quantitative estimate of drug-likeness (QED) is 0.742. The van der Waals surface area contributed by atoms with Crippen LogP contribution in [0.5, 0.6) is 5.75 Å². The smallest absolute Gasteiger partial charge is 0.201 e. The van der Waals surface area contributed by atoms with E-state index in [0.717, 1.165) is 17.3 Å². The van der Waals surface area contributed by atoms with Crippen LogP contribution in [0.4, 0.5) is 5.69 Å². The molecule has 0 atom stereocenters. The van der Waals surface area contributed by atoms with Gasteiger partial charge >= 0.3 is 0 Å². The summed E-state index contributed by atoms with van der Waals surface area (Å²) in [7, 11) is 1.64. The Bertz CT molecular complexity index is 695. The van der Waals surface area contributed by atoms with Crippen LogP contribution in [0.1, 0.15) is 5.82 Å². The summed E-state index contributed by atoms with van der Waals surface area (Å²) in [6, 6.07) is 7.68. The van der Waals surface area contributed by atoms with Crippen molar-refractivity contribution in [1.29, 1.82) is 0 Å². The molecule has 2 aromatic heterocycles. The van der Waals surface area contributed by atoms with Crippen LogP contribution < -0.4 is 10.1 Å². The molecule has 2 N–H and O–H groups in total. The normalized spacial score (nSPS) is 10.3. The van der Waals surface area contributed by atoms with Crippen LogP contribution in [0.15, 0.2) is 42.9 Å². The number of H-pyrrole nitrogens is 1. The summed E-state index contributed by atoms with van der Waals surface area (Å²) in [4.78, 5) is 12.5. The predicted octanol–water partition coefficient (Wildman–Crippen LogP) is 1.88. The van der Waals surface area contributed by atoms with E-state index >= 15 is 0 Å². The van der Waals surface area contributed by atoms with Crippen LogP contribution in [-0.4, -0.2) is 32.3 Å². The lowest BCUT2D eigenvalue weighted by Gasteiger charge is -2.05. The van der Waals surface area contributed by atoms with Crippen LogP contribution in [0.3, 0.4) is 0 Å². The second-order valence-electron chi connectivity index (χ2n) is 4.28. The molecule has 0 aliphatic heterocycles. The van der Waals surface area contributed by atoms with E-state index in [1.54, 1.807) is 25.7 Å². The summed E-state index contributed by atoms with van der Waals surface area (Å²) < 4.78 is 5.12. The second-order valence-corrected chi connectivity index (χ2v) is 4.28. The zero-order valence-electron chi connectivity index (χ0n) is 11.4. The van der Waals surface area contributed by atoms with Gasteiger partial charge in [0, 0.05) is 18.1 Å². The van der Waals surface area contributed by atoms with Crippen LogP contribution in [0, 0.1) is 0 Å². The summed E-state index contributed by atoms with van der Waals surface area (Å²) in [5.41, 5.74) is 1.62. The number of rotatable bonds is 5. The summed E-state index contributed by atoms with van der Waals surface area (Å²) in [5.74, 6) is 2.09. The Morgan fingerprint density at radius 3 is 2.76 bits per heavy atom. The van der Waals surface area contributed by atoms with E-state index in [1.165, 1.54) is 0 Å². The van der Waals surface area contributed by atoms with E-state index in [4.69, 9.17) is 4.74 Å². The second kappa shape index (κ2) is 6.00. The topological polar surface area (TPSA) is 88.6 Å². The van der Waals surface area contributed by atoms with Crippen molar-refractivity contribution in [2.24, 2.45) is 0 Å². The molecule has 0 aliphatic carbocycles. The monoisotopic (exact) mass is 282 g/mol. The van der Waals surface area contributed by atoms with Crippen molar-refractivity contribution in [3.05, 3.63) is 48.7 Å². The number of benzene rings is 1. The van der Waals surface area contributed by atoms with Crippen molar-refractivity contribution < 1.29 is 4.74 Å². The first-order chi connectivity index (χ1) is 10.3. The summed E-state index contributed by atoms with van der Waals surface area (Å²) in [6.45, 7) is 0.541. The number of anilines is 1. The van der Waals surface area contributed by atoms with Crippen molar-refractivity contribution in [3.63, 3.8) is 0 Å². The average Bonchev–Trinajstić information content (AvgIpc) is 3.03. The van der Waals surface area contributed by atoms with Gasteiger partial charge in [-0.15, -0.1) is 0 Å². The molecule has 3 aromatic rings. The molecule has 0 bridgehead atoms. The molecule has 0 aliphatic rings. The van der Waals surface area contributed by atoms with Gasteiger partial charge < -0.3 is 10.1 Å². The minimum absolute atomic E-state index is 0.537. The van der Waals surface area contributed by atoms with Gasteiger partial charge in [-0.1, -0.05) is 0 Å². The third kappa shape index (κ3) is 3.14. The van der Waals surface area contributed by atoms with E-state index < -0.39 is 0 Å². The zero-order chi connectivity index (χ0) is 14.5. The fourth-order valence-electron chi connectivity index (χ4n) is 1.80. The first-order valence-electron chi connectivity index (χ1n) is 6.41. The number of nitrogens with zero attached hydrogens (tertiary/aromatic N) is 4. The Balaban J connectivity index is 1.64. The molecular formula is C14H14N6O. The maximum atomic E-state index is 5.12. The Hall–Kier alpha value is -2.96. The van der Waals surface area contributed by atoms with Crippen molar-refractivity contribution in [1.82, 2.24) is 25.1 Å². The summed E-state index contributed by atoms with van der Waals surface area (Å²) in [5, 5.41) is 10.3. The van der Waals surface area contributed by atoms with Crippen molar-refractivity contribution in [2.75, 3.05) is 12.4 Å². The van der Waals surface area contributed by atoms with Crippen molar-refractivity contribution in [2.45, 2.75) is 6.54 Å². The molecule has 0 saturated heterocycles. The Labute approximate surface area is 121 Å². The molecule has 106 valence electrons. The highest BCUT2D eigenvalue weighted by molar-refractivity contribution is 5.48. The first kappa shape index (κ1) is 13.0. The molecule has 3 rings (SSSR count). The summed E-state index contributed by atoms with van der Waals surface area (Å²) in [6.07, 6.45) is 4.85. The van der Waals surface area contributed by atoms with Crippen LogP contribution in [0.2, 0.25) is 0 Å². The number of hydrogen-bond donors (Lipinski definition) is 2. The SMILES string of the molecule is COc1ccc(NCc2nc(-c3cnccn3)n[nH]2)cc1. The number of aromatic amines is 1. The Kier molecular flexibility index (Phi) is 3.72. The third-order valence-corrected chi connectivity index (χ3v) is 2.87. The zero-order valence-corrected chi connectivity index (χ0v) is 11.4. The number of ether oxygens (including phenoxy) is 1. The predicted molar refractivity (Wildman–Crippen MR) is 77.7 cm³/mol. The molecule has 0 saturated carbocycles. The van der Waals surface area contributed by atoms with Gasteiger partial charge in [-0.3, -0.25) is 10.1 Å². The minimum Gasteiger partial charge on any atom is -0.497 e. The van der Waals surface area contributed by atoms with E-state index in [2.05, 4.69) is 30.5 Å².